The Labute approximate surface area is 120 Å². The van der Waals surface area contributed by atoms with Gasteiger partial charge in [0.05, 0.1) is 18.6 Å². The number of nitrogens with one attached hydrogen (secondary N) is 1. The topological polar surface area (TPSA) is 47.6 Å². The predicted octanol–water partition coefficient (Wildman–Crippen LogP) is 1.97. The summed E-state index contributed by atoms with van der Waals surface area (Å²) in [5, 5.41) is 3.49. The molecule has 2 rings (SSSR count). The largest absolute Gasteiger partial charge is 0.466 e. The Balaban J connectivity index is 1.70. The monoisotopic (exact) mass is 287 g/mol. The van der Waals surface area contributed by atoms with E-state index in [1.54, 1.807) is 0 Å². The van der Waals surface area contributed by atoms with E-state index < -0.39 is 0 Å². The number of carbonyl (C=O) groups excluding carboxylic acids is 1. The second-order valence-corrected chi connectivity index (χ2v) is 6.57. The van der Waals surface area contributed by atoms with Crippen molar-refractivity contribution in [1.29, 1.82) is 0 Å². The van der Waals surface area contributed by atoms with Crippen LogP contribution in [0.25, 0.3) is 0 Å². The molecule has 1 atom stereocenters. The van der Waals surface area contributed by atoms with Crippen molar-refractivity contribution < 1.29 is 14.3 Å². The zero-order chi connectivity index (χ0) is 13.6. The Morgan fingerprint density at radius 2 is 2.26 bits per heavy atom. The Hall–Kier alpha value is -0.260. The molecule has 0 aromatic rings. The molecule has 0 bridgehead atoms. The van der Waals surface area contributed by atoms with E-state index in [9.17, 15) is 4.79 Å². The summed E-state index contributed by atoms with van der Waals surface area (Å²) in [6, 6.07) is 0.492. The van der Waals surface area contributed by atoms with Crippen LogP contribution in [-0.2, 0) is 14.3 Å². The zero-order valence-electron chi connectivity index (χ0n) is 11.8. The van der Waals surface area contributed by atoms with Gasteiger partial charge in [0.2, 0.25) is 0 Å². The van der Waals surface area contributed by atoms with Crippen LogP contribution in [0.2, 0.25) is 0 Å². The molecule has 0 aromatic carbocycles. The van der Waals surface area contributed by atoms with Gasteiger partial charge in [0.15, 0.2) is 0 Å². The van der Waals surface area contributed by atoms with Gasteiger partial charge in [-0.05, 0) is 44.1 Å². The fourth-order valence-corrected chi connectivity index (χ4v) is 4.14. The van der Waals surface area contributed by atoms with Crippen LogP contribution in [0.15, 0.2) is 0 Å². The quantitative estimate of drug-likeness (QED) is 0.783. The van der Waals surface area contributed by atoms with Crippen molar-refractivity contribution in [3.63, 3.8) is 0 Å². The van der Waals surface area contributed by atoms with Crippen molar-refractivity contribution in [2.45, 2.75) is 50.7 Å². The Morgan fingerprint density at radius 3 is 3.00 bits per heavy atom. The van der Waals surface area contributed by atoms with Crippen molar-refractivity contribution in [2.75, 3.05) is 31.3 Å². The first-order valence-corrected chi connectivity index (χ1v) is 8.50. The summed E-state index contributed by atoms with van der Waals surface area (Å²) in [5.41, 5.74) is 0.116. The number of hydrogen-bond acceptors (Lipinski definition) is 5. The molecule has 1 spiro atoms. The average Bonchev–Trinajstić information content (AvgIpc) is 2.40. The molecule has 2 heterocycles. The molecule has 0 radical (unpaired) electrons. The number of rotatable bonds is 5. The van der Waals surface area contributed by atoms with Gasteiger partial charge in [0.25, 0.3) is 0 Å². The van der Waals surface area contributed by atoms with Gasteiger partial charge < -0.3 is 14.8 Å². The molecular formula is C14H25NO3S. The third-order valence-electron chi connectivity index (χ3n) is 3.96. The highest BCUT2D eigenvalue weighted by Crippen LogP contribution is 2.37. The average molecular weight is 287 g/mol. The van der Waals surface area contributed by atoms with E-state index in [-0.39, 0.29) is 11.6 Å². The molecule has 2 aliphatic rings. The van der Waals surface area contributed by atoms with Gasteiger partial charge in [-0.15, -0.1) is 0 Å². The molecule has 5 heteroatoms. The van der Waals surface area contributed by atoms with Gasteiger partial charge in [-0.2, -0.15) is 11.8 Å². The van der Waals surface area contributed by atoms with Crippen LogP contribution in [0, 0.1) is 0 Å². The number of thioether (sulfide) groups is 1. The molecule has 2 saturated heterocycles. The van der Waals surface area contributed by atoms with E-state index in [1.165, 1.54) is 24.3 Å². The summed E-state index contributed by atoms with van der Waals surface area (Å²) in [4.78, 5) is 11.3. The van der Waals surface area contributed by atoms with E-state index in [0.717, 1.165) is 19.4 Å². The minimum atomic E-state index is -0.106. The predicted molar refractivity (Wildman–Crippen MR) is 77.5 cm³/mol. The van der Waals surface area contributed by atoms with Crippen molar-refractivity contribution in [1.82, 2.24) is 5.32 Å². The lowest BCUT2D eigenvalue weighted by molar-refractivity contribution is -0.143. The number of ether oxygens (including phenoxy) is 2. The molecule has 2 aliphatic heterocycles. The Kier molecular flexibility index (Phi) is 5.98. The summed E-state index contributed by atoms with van der Waals surface area (Å²) in [6.45, 7) is 3.88. The van der Waals surface area contributed by atoms with Crippen LogP contribution in [-0.4, -0.2) is 48.9 Å². The molecule has 110 valence electrons. The van der Waals surface area contributed by atoms with Gasteiger partial charge in [0.1, 0.15) is 0 Å². The molecule has 0 aromatic heterocycles. The SMILES string of the molecule is CCOC(=O)CCNC1CCOC2(CCSCC2)C1. The first-order valence-electron chi connectivity index (χ1n) is 7.35. The van der Waals surface area contributed by atoms with E-state index >= 15 is 0 Å². The molecule has 0 amide bonds. The molecule has 1 N–H and O–H groups in total. The molecule has 4 nitrogen and oxygen atoms in total. The highest BCUT2D eigenvalue weighted by Gasteiger charge is 2.38. The summed E-state index contributed by atoms with van der Waals surface area (Å²) in [5.74, 6) is 2.33. The highest BCUT2D eigenvalue weighted by molar-refractivity contribution is 7.99. The van der Waals surface area contributed by atoms with E-state index in [2.05, 4.69) is 5.32 Å². The van der Waals surface area contributed by atoms with Gasteiger partial charge in [-0.25, -0.2) is 0 Å². The molecule has 0 saturated carbocycles. The first-order chi connectivity index (χ1) is 9.24. The normalized spacial score (nSPS) is 26.3. The van der Waals surface area contributed by atoms with Crippen molar-refractivity contribution in [3.05, 3.63) is 0 Å². The molecular weight excluding hydrogens is 262 g/mol. The van der Waals surface area contributed by atoms with E-state index in [4.69, 9.17) is 9.47 Å². The second-order valence-electron chi connectivity index (χ2n) is 5.34. The maximum atomic E-state index is 11.3. The summed E-state index contributed by atoms with van der Waals surface area (Å²) in [6.07, 6.45) is 4.96. The first kappa shape index (κ1) is 15.1. The minimum absolute atomic E-state index is 0.106. The second kappa shape index (κ2) is 7.50. The van der Waals surface area contributed by atoms with Gasteiger partial charge in [0, 0.05) is 19.2 Å². The van der Waals surface area contributed by atoms with E-state index in [1.807, 2.05) is 18.7 Å². The van der Waals surface area contributed by atoms with Crippen LogP contribution in [0.4, 0.5) is 0 Å². The number of esters is 1. The standard InChI is InChI=1S/C14H25NO3S/c1-2-17-13(16)3-7-15-12-4-8-18-14(11-12)5-9-19-10-6-14/h12,15H,2-11H2,1H3. The van der Waals surface area contributed by atoms with Crippen molar-refractivity contribution in [2.24, 2.45) is 0 Å². The summed E-state index contributed by atoms with van der Waals surface area (Å²) >= 11 is 2.03. The van der Waals surface area contributed by atoms with Gasteiger partial charge in [-0.3, -0.25) is 4.79 Å². The molecule has 2 fully saturated rings. The van der Waals surface area contributed by atoms with Crippen LogP contribution >= 0.6 is 11.8 Å². The number of carbonyl (C=O) groups is 1. The summed E-state index contributed by atoms with van der Waals surface area (Å²) < 4.78 is 11.0. The van der Waals surface area contributed by atoms with Crippen molar-refractivity contribution in [3.8, 4) is 0 Å². The maximum absolute atomic E-state index is 11.3. The lowest BCUT2D eigenvalue weighted by Gasteiger charge is -2.43. The van der Waals surface area contributed by atoms with Gasteiger partial charge in [-0.1, -0.05) is 0 Å². The fourth-order valence-electron chi connectivity index (χ4n) is 2.91. The zero-order valence-corrected chi connectivity index (χ0v) is 12.6. The fraction of sp³-hybridized carbons (Fsp3) is 0.929. The third-order valence-corrected chi connectivity index (χ3v) is 4.95. The number of hydrogen-bond donors (Lipinski definition) is 1. The van der Waals surface area contributed by atoms with Crippen LogP contribution in [0.3, 0.4) is 0 Å². The highest BCUT2D eigenvalue weighted by atomic mass is 32.2. The lowest BCUT2D eigenvalue weighted by Crippen LogP contribution is -2.49. The molecule has 0 aliphatic carbocycles. The minimum Gasteiger partial charge on any atom is -0.466 e. The van der Waals surface area contributed by atoms with E-state index in [0.29, 0.717) is 25.6 Å². The third kappa shape index (κ3) is 4.65. The van der Waals surface area contributed by atoms with Crippen LogP contribution in [0.5, 0.6) is 0 Å². The van der Waals surface area contributed by atoms with Crippen molar-refractivity contribution >= 4 is 17.7 Å². The van der Waals surface area contributed by atoms with Crippen LogP contribution < -0.4 is 5.32 Å². The van der Waals surface area contributed by atoms with Gasteiger partial charge >= 0.3 is 5.97 Å². The maximum Gasteiger partial charge on any atom is 0.307 e. The lowest BCUT2D eigenvalue weighted by atomic mass is 9.85. The Morgan fingerprint density at radius 1 is 1.47 bits per heavy atom. The molecule has 1 unspecified atom stereocenters. The Bertz CT molecular complexity index is 287. The summed E-state index contributed by atoms with van der Waals surface area (Å²) in [7, 11) is 0. The van der Waals surface area contributed by atoms with Crippen LogP contribution in [0.1, 0.15) is 39.0 Å². The smallest absolute Gasteiger partial charge is 0.307 e. The molecule has 19 heavy (non-hydrogen) atoms.